The summed E-state index contributed by atoms with van der Waals surface area (Å²) in [5.41, 5.74) is 5.08. The topological polar surface area (TPSA) is 104 Å². The van der Waals surface area contributed by atoms with Crippen molar-refractivity contribution < 1.29 is 4.39 Å². The van der Waals surface area contributed by atoms with Gasteiger partial charge in [-0.15, -0.1) is 0 Å². The lowest BCUT2D eigenvalue weighted by atomic mass is 9.78. The minimum atomic E-state index is -0.386. The van der Waals surface area contributed by atoms with Crippen LogP contribution >= 0.6 is 0 Å². The number of hydrogen-bond donors (Lipinski definition) is 3. The second-order valence-corrected chi connectivity index (χ2v) is 11.5. The van der Waals surface area contributed by atoms with E-state index in [-0.39, 0.29) is 17.3 Å². The Morgan fingerprint density at radius 2 is 1.90 bits per heavy atom. The van der Waals surface area contributed by atoms with Crippen LogP contribution in [0, 0.1) is 11.2 Å². The first-order chi connectivity index (χ1) is 19.0. The van der Waals surface area contributed by atoms with Crippen LogP contribution in [0.1, 0.15) is 51.0 Å². The zero-order chi connectivity index (χ0) is 26.6. The average molecular weight is 523 g/mol. The highest BCUT2D eigenvalue weighted by Gasteiger charge is 2.34. The number of nitrogens with zero attached hydrogens (tertiary/aromatic N) is 5. The standard InChI is InChI=1S/C30H31FN8/c1-30(2)16-32-8-7-25(30)38-29-26-22(17-4-3-5-17)14-34-15-24(26)37-28(39-29)20-6-9-35-27-21(20)11-23(36-27)18-10-19(31)13-33-12-18/h6,9-15,17,25,32H,3-5,7-8,16H2,1-2H3,(H,35,36)(H,37,38,39)/t25-/m0/s1. The van der Waals surface area contributed by atoms with Crippen molar-refractivity contribution in [1.82, 2.24) is 35.2 Å². The number of pyridine rings is 3. The molecule has 5 aromatic heterocycles. The highest BCUT2D eigenvalue weighted by atomic mass is 19.1. The Hall–Kier alpha value is -3.98. The summed E-state index contributed by atoms with van der Waals surface area (Å²) >= 11 is 0. The van der Waals surface area contributed by atoms with E-state index in [4.69, 9.17) is 9.97 Å². The Morgan fingerprint density at radius 1 is 1.03 bits per heavy atom. The van der Waals surface area contributed by atoms with Crippen molar-refractivity contribution >= 4 is 27.8 Å². The summed E-state index contributed by atoms with van der Waals surface area (Å²) in [6, 6.07) is 5.63. The molecule has 198 valence electrons. The largest absolute Gasteiger partial charge is 0.366 e. The smallest absolute Gasteiger partial charge is 0.163 e. The second kappa shape index (κ2) is 9.34. The van der Waals surface area contributed by atoms with Crippen molar-refractivity contribution in [2.75, 3.05) is 18.4 Å². The number of H-pyrrole nitrogens is 1. The minimum Gasteiger partial charge on any atom is -0.366 e. The zero-order valence-corrected chi connectivity index (χ0v) is 22.1. The molecule has 0 amide bonds. The lowest BCUT2D eigenvalue weighted by Gasteiger charge is -2.40. The van der Waals surface area contributed by atoms with Gasteiger partial charge in [0.1, 0.15) is 17.3 Å². The molecule has 1 atom stereocenters. The summed E-state index contributed by atoms with van der Waals surface area (Å²) in [6.07, 6.45) is 13.0. The van der Waals surface area contributed by atoms with Gasteiger partial charge in [0, 0.05) is 58.8 Å². The highest BCUT2D eigenvalue weighted by molar-refractivity contribution is 5.98. The maximum Gasteiger partial charge on any atom is 0.163 e. The van der Waals surface area contributed by atoms with Gasteiger partial charge in [0.25, 0.3) is 0 Å². The van der Waals surface area contributed by atoms with Crippen LogP contribution in [0.2, 0.25) is 0 Å². The van der Waals surface area contributed by atoms with Crippen molar-refractivity contribution in [3.63, 3.8) is 0 Å². The summed E-state index contributed by atoms with van der Waals surface area (Å²) in [6.45, 7) is 6.51. The van der Waals surface area contributed by atoms with Gasteiger partial charge < -0.3 is 15.6 Å². The first kappa shape index (κ1) is 24.1. The molecular formula is C30H31FN8. The van der Waals surface area contributed by atoms with Crippen molar-refractivity contribution in [2.24, 2.45) is 5.41 Å². The summed E-state index contributed by atoms with van der Waals surface area (Å²) in [5.74, 6) is 1.59. The van der Waals surface area contributed by atoms with Crippen LogP contribution in [-0.4, -0.2) is 49.0 Å². The van der Waals surface area contributed by atoms with Crippen LogP contribution < -0.4 is 10.6 Å². The molecule has 39 heavy (non-hydrogen) atoms. The summed E-state index contributed by atoms with van der Waals surface area (Å²) < 4.78 is 13.9. The SMILES string of the molecule is CC1(C)CNCC[C@@H]1Nc1nc(-c2ccnc3[nH]c(-c4cncc(F)c4)cc23)nc2cncc(C3CCC3)c12. The molecule has 0 unspecified atom stereocenters. The molecule has 1 saturated carbocycles. The summed E-state index contributed by atoms with van der Waals surface area (Å²) in [5, 5.41) is 9.34. The molecule has 0 aromatic carbocycles. The Kier molecular flexibility index (Phi) is 5.77. The predicted molar refractivity (Wildman–Crippen MR) is 151 cm³/mol. The number of halogens is 1. The zero-order valence-electron chi connectivity index (χ0n) is 22.1. The van der Waals surface area contributed by atoms with Gasteiger partial charge in [-0.2, -0.15) is 0 Å². The fraction of sp³-hybridized carbons (Fsp3) is 0.367. The first-order valence-corrected chi connectivity index (χ1v) is 13.7. The number of fused-ring (bicyclic) bond motifs is 2. The number of hydrogen-bond acceptors (Lipinski definition) is 7. The molecule has 3 N–H and O–H groups in total. The third-order valence-electron chi connectivity index (χ3n) is 8.41. The Labute approximate surface area is 225 Å². The van der Waals surface area contributed by atoms with E-state index in [1.807, 2.05) is 24.5 Å². The van der Waals surface area contributed by atoms with Crippen LogP contribution in [0.5, 0.6) is 0 Å². The van der Waals surface area contributed by atoms with E-state index < -0.39 is 0 Å². The fourth-order valence-corrected chi connectivity index (χ4v) is 5.90. The molecule has 0 radical (unpaired) electrons. The number of aromatic amines is 1. The molecule has 5 aromatic rings. The van der Waals surface area contributed by atoms with Gasteiger partial charge in [-0.05, 0) is 60.9 Å². The summed E-state index contributed by atoms with van der Waals surface area (Å²) in [4.78, 5) is 26.7. The third kappa shape index (κ3) is 4.30. The van der Waals surface area contributed by atoms with E-state index in [9.17, 15) is 4.39 Å². The molecule has 1 aliphatic heterocycles. The molecular weight excluding hydrogens is 491 g/mol. The third-order valence-corrected chi connectivity index (χ3v) is 8.41. The van der Waals surface area contributed by atoms with E-state index in [1.54, 1.807) is 12.4 Å². The van der Waals surface area contributed by atoms with E-state index in [0.717, 1.165) is 52.9 Å². The fourth-order valence-electron chi connectivity index (χ4n) is 5.90. The van der Waals surface area contributed by atoms with Crippen molar-refractivity contribution in [3.05, 3.63) is 60.6 Å². The van der Waals surface area contributed by atoms with Crippen molar-refractivity contribution in [3.8, 4) is 22.6 Å². The van der Waals surface area contributed by atoms with Crippen LogP contribution in [0.15, 0.2) is 49.2 Å². The van der Waals surface area contributed by atoms with Gasteiger partial charge in [0.05, 0.1) is 17.9 Å². The van der Waals surface area contributed by atoms with Crippen molar-refractivity contribution in [1.29, 1.82) is 0 Å². The number of anilines is 1. The highest BCUT2D eigenvalue weighted by Crippen LogP contribution is 2.42. The quantitative estimate of drug-likeness (QED) is 0.266. The van der Waals surface area contributed by atoms with Crippen LogP contribution in [0.25, 0.3) is 44.6 Å². The average Bonchev–Trinajstić information content (AvgIpc) is 3.33. The molecule has 6 heterocycles. The minimum absolute atomic E-state index is 0.0673. The maximum atomic E-state index is 13.9. The van der Waals surface area contributed by atoms with Crippen LogP contribution in [0.4, 0.5) is 10.2 Å². The first-order valence-electron chi connectivity index (χ1n) is 13.7. The van der Waals surface area contributed by atoms with E-state index in [1.165, 1.54) is 37.1 Å². The molecule has 0 bridgehead atoms. The number of piperidine rings is 1. The summed E-state index contributed by atoms with van der Waals surface area (Å²) in [7, 11) is 0. The van der Waals surface area contributed by atoms with E-state index in [0.29, 0.717) is 23.0 Å². The van der Waals surface area contributed by atoms with Gasteiger partial charge >= 0.3 is 0 Å². The molecule has 0 spiro atoms. The van der Waals surface area contributed by atoms with Crippen LogP contribution in [-0.2, 0) is 0 Å². The van der Waals surface area contributed by atoms with Gasteiger partial charge in [0.2, 0.25) is 0 Å². The van der Waals surface area contributed by atoms with Gasteiger partial charge in [0.15, 0.2) is 5.82 Å². The molecule has 7 rings (SSSR count). The molecule has 2 aliphatic rings. The molecule has 2 fully saturated rings. The van der Waals surface area contributed by atoms with E-state index in [2.05, 4.69) is 44.4 Å². The van der Waals surface area contributed by atoms with Crippen molar-refractivity contribution in [2.45, 2.75) is 51.5 Å². The molecule has 8 nitrogen and oxygen atoms in total. The maximum absolute atomic E-state index is 13.9. The molecule has 1 aliphatic carbocycles. The Balaban J connectivity index is 1.39. The van der Waals surface area contributed by atoms with E-state index >= 15 is 0 Å². The monoisotopic (exact) mass is 522 g/mol. The number of rotatable bonds is 5. The number of aromatic nitrogens is 6. The van der Waals surface area contributed by atoms with Gasteiger partial charge in [-0.25, -0.2) is 19.3 Å². The lowest BCUT2D eigenvalue weighted by molar-refractivity contribution is 0.236. The normalized spacial score (nSPS) is 19.3. The Morgan fingerprint density at radius 3 is 2.69 bits per heavy atom. The molecule has 9 heteroatoms. The lowest BCUT2D eigenvalue weighted by Crippen LogP contribution is -2.49. The van der Waals surface area contributed by atoms with Crippen LogP contribution in [0.3, 0.4) is 0 Å². The second-order valence-electron chi connectivity index (χ2n) is 11.5. The predicted octanol–water partition coefficient (Wildman–Crippen LogP) is 5.84. The van der Waals surface area contributed by atoms with Gasteiger partial charge in [-0.1, -0.05) is 20.3 Å². The number of nitrogens with one attached hydrogen (secondary N) is 3. The molecule has 1 saturated heterocycles. The van der Waals surface area contributed by atoms with Gasteiger partial charge in [-0.3, -0.25) is 9.97 Å². The Bertz CT molecular complexity index is 1690.